The first-order chi connectivity index (χ1) is 18.4. The van der Waals surface area contributed by atoms with Gasteiger partial charge in [-0.05, 0) is 38.0 Å². The molecule has 1 aliphatic carbocycles. The number of amides is 2. The van der Waals surface area contributed by atoms with E-state index in [-0.39, 0.29) is 42.7 Å². The number of pyridine rings is 2. The molecule has 0 aromatic carbocycles. The van der Waals surface area contributed by atoms with Crippen molar-refractivity contribution in [2.24, 2.45) is 11.8 Å². The van der Waals surface area contributed by atoms with Gasteiger partial charge in [-0.1, -0.05) is 44.1 Å². The van der Waals surface area contributed by atoms with Crippen LogP contribution in [-0.2, 0) is 11.2 Å². The maximum absolute atomic E-state index is 13.6. The quantitative estimate of drug-likeness (QED) is 0.590. The molecule has 1 N–H and O–H groups in total. The van der Waals surface area contributed by atoms with Gasteiger partial charge in [0.2, 0.25) is 11.8 Å². The smallest absolute Gasteiger partial charge is 0.259 e. The second kappa shape index (κ2) is 12.9. The van der Waals surface area contributed by atoms with Crippen molar-refractivity contribution in [2.75, 3.05) is 26.7 Å². The summed E-state index contributed by atoms with van der Waals surface area (Å²) in [5.41, 5.74) is 1.72. The average molecular weight is 519 g/mol. The van der Waals surface area contributed by atoms with Crippen molar-refractivity contribution in [3.8, 4) is 17.7 Å². The minimum absolute atomic E-state index is 0.0697. The van der Waals surface area contributed by atoms with Crippen LogP contribution in [0.15, 0.2) is 36.7 Å². The van der Waals surface area contributed by atoms with Gasteiger partial charge in [0.25, 0.3) is 5.91 Å². The molecule has 8 nitrogen and oxygen atoms in total. The van der Waals surface area contributed by atoms with E-state index in [9.17, 15) is 14.7 Å². The number of carbonyl (C=O) groups is 2. The van der Waals surface area contributed by atoms with Crippen LogP contribution >= 0.6 is 0 Å². The monoisotopic (exact) mass is 518 g/mol. The van der Waals surface area contributed by atoms with Gasteiger partial charge in [-0.15, -0.1) is 0 Å². The average Bonchev–Trinajstić information content (AvgIpc) is 2.94. The number of fused-ring (bicyclic) bond motifs is 1. The lowest BCUT2D eigenvalue weighted by atomic mass is 9.90. The molecule has 0 bridgehead atoms. The fourth-order valence-corrected chi connectivity index (χ4v) is 4.99. The molecule has 2 aromatic rings. The molecule has 4 rings (SSSR count). The molecule has 8 heteroatoms. The van der Waals surface area contributed by atoms with Crippen molar-refractivity contribution in [1.82, 2.24) is 19.8 Å². The number of ether oxygens (including phenoxy) is 1. The Morgan fingerprint density at radius 2 is 2.05 bits per heavy atom. The summed E-state index contributed by atoms with van der Waals surface area (Å²) in [6.07, 6.45) is 9.03. The standard InChI is InChI=1S/C30H38N4O4/c1-21-18-34(22(2)20-35)30(37)26-15-24(13-12-23-9-5-4-6-10-23)17-32-29(26)38-27(21)19-33(3)28(36)16-25-11-7-8-14-31-25/h7-8,11,14-15,17,21-23,27,35H,4-6,9-10,16,18-20H2,1-3H3/t21-,22+,27+/m0/s1. The molecule has 3 heterocycles. The minimum atomic E-state index is -0.403. The molecular formula is C30H38N4O4. The van der Waals surface area contributed by atoms with Gasteiger partial charge in [-0.2, -0.15) is 0 Å². The Morgan fingerprint density at radius 1 is 1.26 bits per heavy atom. The topological polar surface area (TPSA) is 95.9 Å². The van der Waals surface area contributed by atoms with Gasteiger partial charge < -0.3 is 19.6 Å². The molecule has 2 amide bonds. The van der Waals surface area contributed by atoms with E-state index < -0.39 is 6.10 Å². The predicted octanol–water partition coefficient (Wildman–Crippen LogP) is 3.33. The fraction of sp³-hybridized carbons (Fsp3) is 0.533. The number of carbonyl (C=O) groups excluding carboxylic acids is 2. The number of rotatable bonds is 6. The Morgan fingerprint density at radius 3 is 2.76 bits per heavy atom. The summed E-state index contributed by atoms with van der Waals surface area (Å²) in [5, 5.41) is 9.89. The van der Waals surface area contributed by atoms with Gasteiger partial charge in [0.05, 0.1) is 25.6 Å². The highest BCUT2D eigenvalue weighted by molar-refractivity contribution is 5.97. The van der Waals surface area contributed by atoms with E-state index in [0.717, 1.165) is 12.8 Å². The molecule has 1 saturated carbocycles. The zero-order valence-corrected chi connectivity index (χ0v) is 22.6. The first-order valence-corrected chi connectivity index (χ1v) is 13.6. The maximum atomic E-state index is 13.6. The van der Waals surface area contributed by atoms with E-state index in [4.69, 9.17) is 4.74 Å². The lowest BCUT2D eigenvalue weighted by molar-refractivity contribution is -0.130. The summed E-state index contributed by atoms with van der Waals surface area (Å²) in [6.45, 7) is 4.36. The van der Waals surface area contributed by atoms with E-state index in [2.05, 4.69) is 21.8 Å². The van der Waals surface area contributed by atoms with Gasteiger partial charge in [0.15, 0.2) is 0 Å². The lowest BCUT2D eigenvalue weighted by Gasteiger charge is -2.37. The molecule has 38 heavy (non-hydrogen) atoms. The number of hydrogen-bond donors (Lipinski definition) is 1. The lowest BCUT2D eigenvalue weighted by Crippen LogP contribution is -2.50. The van der Waals surface area contributed by atoms with Crippen LogP contribution in [0.5, 0.6) is 5.88 Å². The van der Waals surface area contributed by atoms with Crippen LogP contribution in [0.25, 0.3) is 0 Å². The number of hydrogen-bond acceptors (Lipinski definition) is 6. The largest absolute Gasteiger partial charge is 0.472 e. The van der Waals surface area contributed by atoms with E-state index in [0.29, 0.717) is 35.8 Å². The number of aliphatic hydroxyl groups excluding tert-OH is 1. The summed E-state index contributed by atoms with van der Waals surface area (Å²) in [4.78, 5) is 38.6. The van der Waals surface area contributed by atoms with Crippen LogP contribution in [0.2, 0.25) is 0 Å². The Labute approximate surface area is 225 Å². The highest BCUT2D eigenvalue weighted by atomic mass is 16.5. The maximum Gasteiger partial charge on any atom is 0.259 e. The van der Waals surface area contributed by atoms with E-state index in [1.807, 2.05) is 32.0 Å². The summed E-state index contributed by atoms with van der Waals surface area (Å²) >= 11 is 0. The van der Waals surface area contributed by atoms with Gasteiger partial charge in [0, 0.05) is 49.1 Å². The number of aliphatic hydroxyl groups is 1. The van der Waals surface area contributed by atoms with Gasteiger partial charge >= 0.3 is 0 Å². The third-order valence-electron chi connectivity index (χ3n) is 7.48. The molecular weight excluding hydrogens is 480 g/mol. The van der Waals surface area contributed by atoms with Gasteiger partial charge in [-0.3, -0.25) is 14.6 Å². The normalized spacial score (nSPS) is 20.7. The first-order valence-electron chi connectivity index (χ1n) is 13.6. The first kappa shape index (κ1) is 27.6. The Hall–Kier alpha value is -3.44. The van der Waals surface area contributed by atoms with Crippen LogP contribution in [0, 0.1) is 23.7 Å². The van der Waals surface area contributed by atoms with Crippen molar-refractivity contribution in [1.29, 1.82) is 0 Å². The highest BCUT2D eigenvalue weighted by Gasteiger charge is 2.34. The zero-order valence-electron chi connectivity index (χ0n) is 22.6. The van der Waals surface area contributed by atoms with Crippen molar-refractivity contribution in [2.45, 2.75) is 64.5 Å². The van der Waals surface area contributed by atoms with Gasteiger partial charge in [0.1, 0.15) is 11.7 Å². The molecule has 1 fully saturated rings. The van der Waals surface area contributed by atoms with E-state index in [1.165, 1.54) is 19.3 Å². The molecule has 0 radical (unpaired) electrons. The number of aromatic nitrogens is 2. The summed E-state index contributed by atoms with van der Waals surface area (Å²) < 4.78 is 6.32. The molecule has 0 saturated heterocycles. The van der Waals surface area contributed by atoms with Crippen LogP contribution in [-0.4, -0.2) is 75.6 Å². The molecule has 3 atom stereocenters. The predicted molar refractivity (Wildman–Crippen MR) is 144 cm³/mol. The third kappa shape index (κ3) is 6.90. The highest BCUT2D eigenvalue weighted by Crippen LogP contribution is 2.28. The van der Waals surface area contributed by atoms with Crippen LogP contribution < -0.4 is 4.74 Å². The van der Waals surface area contributed by atoms with Crippen molar-refractivity contribution >= 4 is 11.8 Å². The third-order valence-corrected chi connectivity index (χ3v) is 7.48. The number of nitrogens with zero attached hydrogens (tertiary/aromatic N) is 4. The summed E-state index contributed by atoms with van der Waals surface area (Å²) in [5.74, 6) is 6.78. The second-order valence-electron chi connectivity index (χ2n) is 10.6. The molecule has 2 aromatic heterocycles. The summed E-state index contributed by atoms with van der Waals surface area (Å²) in [7, 11) is 1.75. The Bertz CT molecular complexity index is 1170. The molecule has 0 unspecified atom stereocenters. The zero-order chi connectivity index (χ0) is 27.1. The Kier molecular flexibility index (Phi) is 9.35. The molecule has 1 aliphatic heterocycles. The molecule has 0 spiro atoms. The minimum Gasteiger partial charge on any atom is -0.472 e. The van der Waals surface area contributed by atoms with Crippen molar-refractivity contribution in [3.05, 3.63) is 53.5 Å². The van der Waals surface area contributed by atoms with Crippen LogP contribution in [0.4, 0.5) is 0 Å². The summed E-state index contributed by atoms with van der Waals surface area (Å²) in [6, 6.07) is 6.88. The second-order valence-corrected chi connectivity index (χ2v) is 10.6. The van der Waals surface area contributed by atoms with Crippen LogP contribution in [0.1, 0.15) is 67.6 Å². The molecule has 2 aliphatic rings. The van der Waals surface area contributed by atoms with Crippen LogP contribution in [0.3, 0.4) is 0 Å². The van der Waals surface area contributed by atoms with Crippen molar-refractivity contribution in [3.63, 3.8) is 0 Å². The SMILES string of the molecule is C[C@H](CO)N1C[C@H](C)[C@@H](CN(C)C(=O)Cc2ccccn2)Oc2ncc(C#CC3CCCCC3)cc2C1=O. The van der Waals surface area contributed by atoms with Gasteiger partial charge in [-0.25, -0.2) is 4.98 Å². The molecule has 202 valence electrons. The van der Waals surface area contributed by atoms with Crippen molar-refractivity contribution < 1.29 is 19.4 Å². The number of likely N-dealkylation sites (N-methyl/N-ethyl adjacent to an activating group) is 1. The fourth-order valence-electron chi connectivity index (χ4n) is 4.99. The van der Waals surface area contributed by atoms with E-state index >= 15 is 0 Å². The Balaban J connectivity index is 1.57. The van der Waals surface area contributed by atoms with E-state index in [1.54, 1.807) is 35.3 Å².